The average Bonchev–Trinajstić information content (AvgIpc) is 3.06. The van der Waals surface area contributed by atoms with Gasteiger partial charge in [-0.1, -0.05) is 47.5 Å². The van der Waals surface area contributed by atoms with Gasteiger partial charge in [0.2, 0.25) is 0 Å². The Hall–Kier alpha value is -4.06. The van der Waals surface area contributed by atoms with Crippen LogP contribution in [0.25, 0.3) is 0 Å². The molecule has 3 aromatic rings. The van der Waals surface area contributed by atoms with Gasteiger partial charge in [0.1, 0.15) is 11.4 Å². The highest BCUT2D eigenvalue weighted by molar-refractivity contribution is 6.12. The lowest BCUT2D eigenvalue weighted by Crippen LogP contribution is -2.31. The molecule has 0 aromatic heterocycles. The summed E-state index contributed by atoms with van der Waals surface area (Å²) in [5, 5.41) is 14.9. The number of nitrogens with zero attached hydrogens (tertiary/aromatic N) is 1. The first-order chi connectivity index (χ1) is 15.9. The Morgan fingerprint density at radius 1 is 0.939 bits per heavy atom. The molecule has 0 saturated heterocycles. The second kappa shape index (κ2) is 9.20. The normalized spacial score (nSPS) is 15.7. The molecule has 6 nitrogen and oxygen atoms in total. The van der Waals surface area contributed by atoms with Crippen LogP contribution in [0.1, 0.15) is 29.2 Å². The van der Waals surface area contributed by atoms with Crippen LogP contribution in [0.15, 0.2) is 84.1 Å². The summed E-state index contributed by atoms with van der Waals surface area (Å²) in [7, 11) is 1.58. The summed E-state index contributed by atoms with van der Waals surface area (Å²) in [6.07, 6.45) is -0.376. The summed E-state index contributed by atoms with van der Waals surface area (Å²) in [5.41, 5.74) is 5.02. The van der Waals surface area contributed by atoms with Crippen molar-refractivity contribution in [3.05, 3.63) is 101 Å². The third-order valence-corrected chi connectivity index (χ3v) is 5.74. The van der Waals surface area contributed by atoms with Crippen LogP contribution in [0, 0.1) is 13.8 Å². The minimum atomic E-state index is -1.25. The first-order valence-corrected chi connectivity index (χ1v) is 10.7. The summed E-state index contributed by atoms with van der Waals surface area (Å²) in [6, 6.07) is 21.9. The number of methoxy groups -OCH3 is 1. The molecule has 0 bridgehead atoms. The monoisotopic (exact) mass is 441 g/mol. The van der Waals surface area contributed by atoms with Gasteiger partial charge in [-0.3, -0.25) is 9.69 Å². The predicted octanol–water partition coefficient (Wildman–Crippen LogP) is 3.91. The summed E-state index contributed by atoms with van der Waals surface area (Å²) in [4.78, 5) is 27.1. The zero-order valence-corrected chi connectivity index (χ0v) is 18.8. The number of ether oxygens (including phenoxy) is 1. The Bertz CT molecular complexity index is 1200. The fourth-order valence-corrected chi connectivity index (χ4v) is 4.03. The smallest absolute Gasteiger partial charge is 0.275 e. The zero-order chi connectivity index (χ0) is 23.5. The molecule has 1 atom stereocenters. The number of carboxylic acid groups (broad SMARTS) is 1. The van der Waals surface area contributed by atoms with Crippen LogP contribution in [-0.4, -0.2) is 19.0 Å². The molecule has 33 heavy (non-hydrogen) atoms. The van der Waals surface area contributed by atoms with Crippen molar-refractivity contribution in [2.24, 2.45) is 0 Å². The van der Waals surface area contributed by atoms with E-state index in [1.54, 1.807) is 24.1 Å². The number of carboxylic acids is 1. The molecule has 0 unspecified atom stereocenters. The maximum Gasteiger partial charge on any atom is 0.275 e. The predicted molar refractivity (Wildman–Crippen MR) is 126 cm³/mol. The number of hydrogen-bond donors (Lipinski definition) is 1. The first-order valence-electron chi connectivity index (χ1n) is 10.7. The van der Waals surface area contributed by atoms with Crippen molar-refractivity contribution in [3.8, 4) is 5.75 Å². The van der Waals surface area contributed by atoms with E-state index in [0.29, 0.717) is 22.7 Å². The Morgan fingerprint density at radius 3 is 2.06 bits per heavy atom. The van der Waals surface area contributed by atoms with Crippen LogP contribution in [0.4, 0.5) is 11.4 Å². The molecule has 168 valence electrons. The maximum atomic E-state index is 13.7. The van der Waals surface area contributed by atoms with Crippen molar-refractivity contribution >= 4 is 23.3 Å². The molecular weight excluding hydrogens is 416 g/mol. The Labute approximate surface area is 193 Å². The van der Waals surface area contributed by atoms with Crippen molar-refractivity contribution in [1.29, 1.82) is 0 Å². The number of rotatable bonds is 7. The third-order valence-electron chi connectivity index (χ3n) is 5.74. The van der Waals surface area contributed by atoms with Crippen LogP contribution < -0.4 is 20.1 Å². The average molecular weight is 442 g/mol. The topological polar surface area (TPSA) is 81.7 Å². The van der Waals surface area contributed by atoms with Crippen molar-refractivity contribution < 1.29 is 19.4 Å². The number of aryl methyl sites for hydroxylation is 2. The third kappa shape index (κ3) is 4.60. The van der Waals surface area contributed by atoms with E-state index in [2.05, 4.69) is 5.32 Å². The second-order valence-corrected chi connectivity index (χ2v) is 8.13. The lowest BCUT2D eigenvalue weighted by Gasteiger charge is -2.28. The molecular formula is C27H25N2O4-. The van der Waals surface area contributed by atoms with Gasteiger partial charge in [-0.05, 0) is 61.4 Å². The van der Waals surface area contributed by atoms with E-state index < -0.39 is 12.0 Å². The first kappa shape index (κ1) is 22.1. The molecule has 1 heterocycles. The molecule has 3 aromatic carbocycles. The molecule has 0 saturated carbocycles. The van der Waals surface area contributed by atoms with Gasteiger partial charge in [0, 0.05) is 23.8 Å². The van der Waals surface area contributed by atoms with Gasteiger partial charge < -0.3 is 20.0 Å². The molecule has 1 aliphatic heterocycles. The summed E-state index contributed by atoms with van der Waals surface area (Å²) >= 11 is 0. The number of carbonyl (C=O) groups is 2. The van der Waals surface area contributed by atoms with Crippen molar-refractivity contribution in [2.75, 3.05) is 17.3 Å². The fourth-order valence-electron chi connectivity index (χ4n) is 4.03. The Balaban J connectivity index is 1.86. The minimum absolute atomic E-state index is 0.254. The van der Waals surface area contributed by atoms with Crippen molar-refractivity contribution in [2.45, 2.75) is 26.3 Å². The summed E-state index contributed by atoms with van der Waals surface area (Å²) < 4.78 is 5.27. The lowest BCUT2D eigenvalue weighted by atomic mass is 9.96. The van der Waals surface area contributed by atoms with Crippen molar-refractivity contribution in [1.82, 2.24) is 0 Å². The van der Waals surface area contributed by atoms with E-state index in [9.17, 15) is 14.7 Å². The van der Waals surface area contributed by atoms with E-state index in [0.717, 1.165) is 16.7 Å². The van der Waals surface area contributed by atoms with Gasteiger partial charge in [0.25, 0.3) is 5.91 Å². The molecule has 0 fully saturated rings. The van der Waals surface area contributed by atoms with Gasteiger partial charge in [0.05, 0.1) is 13.2 Å². The van der Waals surface area contributed by atoms with E-state index in [-0.39, 0.29) is 18.0 Å². The van der Waals surface area contributed by atoms with Crippen molar-refractivity contribution in [3.63, 3.8) is 0 Å². The molecule has 1 N–H and O–H groups in total. The SMILES string of the molecule is COc1ccc([C@H]2C(CC(=O)[O-])=C(Nc3ccc(C)cc3)C(=O)N2c2ccc(C)cc2)cc1. The number of nitrogens with one attached hydrogen (secondary N) is 1. The van der Waals surface area contributed by atoms with E-state index in [1.807, 2.05) is 74.5 Å². The van der Waals surface area contributed by atoms with Crippen LogP contribution in [0.2, 0.25) is 0 Å². The Morgan fingerprint density at radius 2 is 1.52 bits per heavy atom. The fraction of sp³-hybridized carbons (Fsp3) is 0.185. The zero-order valence-electron chi connectivity index (χ0n) is 18.8. The van der Waals surface area contributed by atoms with Gasteiger partial charge in [-0.15, -0.1) is 0 Å². The Kier molecular flexibility index (Phi) is 6.18. The summed E-state index contributed by atoms with van der Waals surface area (Å²) in [6.45, 7) is 3.95. The molecule has 0 aliphatic carbocycles. The number of carbonyl (C=O) groups excluding carboxylic acids is 2. The number of hydrogen-bond acceptors (Lipinski definition) is 5. The standard InChI is InChI=1S/C27H26N2O4/c1-17-4-10-20(11-5-17)28-25-23(16-24(30)31)26(19-8-14-22(33-3)15-9-19)29(27(25)32)21-12-6-18(2)7-13-21/h4-15,26,28H,16H2,1-3H3,(H,30,31)/p-1/t26-/m0/s1. The molecule has 6 heteroatoms. The highest BCUT2D eigenvalue weighted by atomic mass is 16.5. The minimum Gasteiger partial charge on any atom is -0.550 e. The molecule has 1 aliphatic rings. The molecule has 0 radical (unpaired) electrons. The number of benzene rings is 3. The van der Waals surface area contributed by atoms with E-state index in [4.69, 9.17) is 4.74 Å². The van der Waals surface area contributed by atoms with Crippen LogP contribution in [0.3, 0.4) is 0 Å². The van der Waals surface area contributed by atoms with Crippen LogP contribution in [0.5, 0.6) is 5.75 Å². The highest BCUT2D eigenvalue weighted by Crippen LogP contribution is 2.43. The lowest BCUT2D eigenvalue weighted by molar-refractivity contribution is -0.304. The van der Waals surface area contributed by atoms with Gasteiger partial charge in [-0.25, -0.2) is 0 Å². The largest absolute Gasteiger partial charge is 0.550 e. The number of anilines is 2. The van der Waals surface area contributed by atoms with Gasteiger partial charge in [0.15, 0.2) is 0 Å². The van der Waals surface area contributed by atoms with Crippen LogP contribution >= 0.6 is 0 Å². The molecule has 4 rings (SSSR count). The van der Waals surface area contributed by atoms with Gasteiger partial charge in [-0.2, -0.15) is 0 Å². The number of amides is 1. The second-order valence-electron chi connectivity index (χ2n) is 8.13. The van der Waals surface area contributed by atoms with Crippen LogP contribution in [-0.2, 0) is 9.59 Å². The molecule has 0 spiro atoms. The number of aliphatic carboxylic acids is 1. The quantitative estimate of drug-likeness (QED) is 0.601. The molecule has 1 amide bonds. The van der Waals surface area contributed by atoms with E-state index in [1.165, 1.54) is 0 Å². The van der Waals surface area contributed by atoms with E-state index >= 15 is 0 Å². The highest BCUT2D eigenvalue weighted by Gasteiger charge is 2.41. The summed E-state index contributed by atoms with van der Waals surface area (Å²) in [5.74, 6) is -0.866. The maximum absolute atomic E-state index is 13.7. The van der Waals surface area contributed by atoms with Gasteiger partial charge >= 0.3 is 0 Å².